The molecule has 23 heavy (non-hydrogen) atoms. The van der Waals surface area contributed by atoms with Crippen molar-refractivity contribution < 1.29 is 18.7 Å². The van der Waals surface area contributed by atoms with E-state index in [-0.39, 0.29) is 22.2 Å². The van der Waals surface area contributed by atoms with Gasteiger partial charge in [-0.3, -0.25) is 9.59 Å². The van der Waals surface area contributed by atoms with Crippen LogP contribution in [0.5, 0.6) is 5.75 Å². The van der Waals surface area contributed by atoms with E-state index >= 15 is 0 Å². The molecule has 0 bridgehead atoms. The zero-order valence-corrected chi connectivity index (χ0v) is 13.2. The van der Waals surface area contributed by atoms with Gasteiger partial charge in [0.2, 0.25) is 0 Å². The van der Waals surface area contributed by atoms with E-state index in [1.54, 1.807) is 12.1 Å². The molecule has 2 aromatic rings. The molecule has 0 radical (unpaired) electrons. The van der Waals surface area contributed by atoms with E-state index in [0.29, 0.717) is 5.69 Å². The molecule has 0 aliphatic carbocycles. The van der Waals surface area contributed by atoms with Crippen molar-refractivity contribution in [1.82, 2.24) is 4.98 Å². The van der Waals surface area contributed by atoms with Gasteiger partial charge in [-0.2, -0.15) is 0 Å². The van der Waals surface area contributed by atoms with E-state index in [2.05, 4.69) is 10.3 Å². The summed E-state index contributed by atoms with van der Waals surface area (Å²) in [6.07, 6.45) is 0.574. The van der Waals surface area contributed by atoms with Crippen LogP contribution in [0.1, 0.15) is 24.2 Å². The predicted octanol–water partition coefficient (Wildman–Crippen LogP) is 3.48. The third-order valence-corrected chi connectivity index (χ3v) is 3.31. The summed E-state index contributed by atoms with van der Waals surface area (Å²) in [4.78, 5) is 27.5. The second-order valence-electron chi connectivity index (χ2n) is 4.79. The molecule has 0 saturated carbocycles. The quantitative estimate of drug-likeness (QED) is 0.670. The first-order valence-electron chi connectivity index (χ1n) is 6.77. The number of aromatic nitrogens is 1. The standard InChI is InChI=1S/C16H14ClFN2O3/c1-9(21)12-8-11(18)5-6-14(12)23-10(2)16(22)20-13-4-3-7-19-15(13)17/h3-8,10H,1-2H3,(H,20,22)/t10-/m1/s1. The van der Waals surface area contributed by atoms with Gasteiger partial charge in [-0.1, -0.05) is 11.6 Å². The SMILES string of the molecule is CC(=O)c1cc(F)ccc1O[C@H](C)C(=O)Nc1cccnc1Cl. The van der Waals surface area contributed by atoms with Crippen LogP contribution in [0.15, 0.2) is 36.5 Å². The fourth-order valence-electron chi connectivity index (χ4n) is 1.84. The summed E-state index contributed by atoms with van der Waals surface area (Å²) < 4.78 is 18.7. The highest BCUT2D eigenvalue weighted by Gasteiger charge is 2.19. The first-order valence-corrected chi connectivity index (χ1v) is 7.15. The average molecular weight is 337 g/mol. The fourth-order valence-corrected chi connectivity index (χ4v) is 2.00. The number of anilines is 1. The maximum absolute atomic E-state index is 13.2. The summed E-state index contributed by atoms with van der Waals surface area (Å²) >= 11 is 5.86. The lowest BCUT2D eigenvalue weighted by atomic mass is 10.1. The van der Waals surface area contributed by atoms with Crippen molar-refractivity contribution in [2.75, 3.05) is 5.32 Å². The van der Waals surface area contributed by atoms with Crippen LogP contribution in [0, 0.1) is 5.82 Å². The van der Waals surface area contributed by atoms with E-state index in [9.17, 15) is 14.0 Å². The number of hydrogen-bond acceptors (Lipinski definition) is 4. The Hall–Kier alpha value is -2.47. The molecule has 1 amide bonds. The largest absolute Gasteiger partial charge is 0.480 e. The van der Waals surface area contributed by atoms with Gasteiger partial charge in [-0.15, -0.1) is 0 Å². The minimum Gasteiger partial charge on any atom is -0.480 e. The zero-order chi connectivity index (χ0) is 17.0. The third kappa shape index (κ3) is 4.26. The Kier molecular flexibility index (Phi) is 5.28. The van der Waals surface area contributed by atoms with E-state index < -0.39 is 17.8 Å². The number of ether oxygens (including phenoxy) is 1. The van der Waals surface area contributed by atoms with Crippen LogP contribution in [0.4, 0.5) is 10.1 Å². The number of carbonyl (C=O) groups is 2. The molecule has 0 saturated heterocycles. The fraction of sp³-hybridized carbons (Fsp3) is 0.188. The van der Waals surface area contributed by atoms with Gasteiger partial charge in [0.25, 0.3) is 5.91 Å². The van der Waals surface area contributed by atoms with E-state index in [1.807, 2.05) is 0 Å². The number of nitrogens with zero attached hydrogens (tertiary/aromatic N) is 1. The highest BCUT2D eigenvalue weighted by atomic mass is 35.5. The number of nitrogens with one attached hydrogen (secondary N) is 1. The Balaban J connectivity index is 2.13. The highest BCUT2D eigenvalue weighted by Crippen LogP contribution is 2.23. The number of Topliss-reactive ketones (excluding diaryl/α,β-unsaturated/α-hetero) is 1. The van der Waals surface area contributed by atoms with Gasteiger partial charge in [0.05, 0.1) is 11.3 Å². The minimum absolute atomic E-state index is 0.0732. The first kappa shape index (κ1) is 16.9. The van der Waals surface area contributed by atoms with Crippen molar-refractivity contribution in [3.63, 3.8) is 0 Å². The highest BCUT2D eigenvalue weighted by molar-refractivity contribution is 6.32. The maximum Gasteiger partial charge on any atom is 0.265 e. The predicted molar refractivity (Wildman–Crippen MR) is 84.4 cm³/mol. The van der Waals surface area contributed by atoms with Crippen LogP contribution in [-0.4, -0.2) is 22.8 Å². The summed E-state index contributed by atoms with van der Waals surface area (Å²) in [6, 6.07) is 6.76. The molecule has 0 aliphatic rings. The Morgan fingerprint density at radius 2 is 2.09 bits per heavy atom. The number of hydrogen-bond donors (Lipinski definition) is 1. The Labute approximate surface area is 137 Å². The van der Waals surface area contributed by atoms with Crippen molar-refractivity contribution in [2.45, 2.75) is 20.0 Å². The van der Waals surface area contributed by atoms with Gasteiger partial charge < -0.3 is 10.1 Å². The Morgan fingerprint density at radius 3 is 2.74 bits per heavy atom. The van der Waals surface area contributed by atoms with Crippen LogP contribution >= 0.6 is 11.6 Å². The molecule has 0 spiro atoms. The van der Waals surface area contributed by atoms with Crippen molar-refractivity contribution in [3.05, 3.63) is 53.1 Å². The monoisotopic (exact) mass is 336 g/mol. The molecule has 120 valence electrons. The summed E-state index contributed by atoms with van der Waals surface area (Å²) in [5.74, 6) is -1.25. The first-order chi connectivity index (χ1) is 10.9. The smallest absolute Gasteiger partial charge is 0.265 e. The third-order valence-electron chi connectivity index (χ3n) is 3.01. The molecular weight excluding hydrogens is 323 g/mol. The minimum atomic E-state index is -0.921. The van der Waals surface area contributed by atoms with Gasteiger partial charge in [-0.05, 0) is 44.2 Å². The van der Waals surface area contributed by atoms with Crippen molar-refractivity contribution >= 4 is 29.0 Å². The lowest BCUT2D eigenvalue weighted by Gasteiger charge is -2.16. The lowest BCUT2D eigenvalue weighted by molar-refractivity contribution is -0.122. The number of amides is 1. The molecule has 0 unspecified atom stereocenters. The molecule has 5 nitrogen and oxygen atoms in total. The number of carbonyl (C=O) groups excluding carboxylic acids is 2. The number of benzene rings is 1. The topological polar surface area (TPSA) is 68.3 Å². The molecular formula is C16H14ClFN2O3. The van der Waals surface area contributed by atoms with Gasteiger partial charge >= 0.3 is 0 Å². The normalized spacial score (nSPS) is 11.7. The number of rotatable bonds is 5. The van der Waals surface area contributed by atoms with Gasteiger partial charge in [0, 0.05) is 6.20 Å². The molecule has 1 N–H and O–H groups in total. The summed E-state index contributed by atoms with van der Waals surface area (Å²) in [5, 5.41) is 2.72. The summed E-state index contributed by atoms with van der Waals surface area (Å²) in [7, 11) is 0. The van der Waals surface area contributed by atoms with Gasteiger partial charge in [0.15, 0.2) is 17.0 Å². The Bertz CT molecular complexity index is 752. The summed E-state index contributed by atoms with van der Waals surface area (Å²) in [5.41, 5.74) is 0.421. The van der Waals surface area contributed by atoms with Crippen LogP contribution < -0.4 is 10.1 Å². The average Bonchev–Trinajstić information content (AvgIpc) is 2.51. The van der Waals surface area contributed by atoms with Gasteiger partial charge in [0.1, 0.15) is 11.6 Å². The van der Waals surface area contributed by atoms with Crippen LogP contribution in [0.2, 0.25) is 5.15 Å². The second kappa shape index (κ2) is 7.19. The van der Waals surface area contributed by atoms with Crippen LogP contribution in [0.25, 0.3) is 0 Å². The number of ketones is 1. The van der Waals surface area contributed by atoms with Crippen molar-refractivity contribution in [2.24, 2.45) is 0 Å². The lowest BCUT2D eigenvalue weighted by Crippen LogP contribution is -2.30. The molecule has 1 aromatic heterocycles. The summed E-state index contributed by atoms with van der Waals surface area (Å²) in [6.45, 7) is 2.80. The molecule has 1 atom stereocenters. The van der Waals surface area contributed by atoms with E-state index in [0.717, 1.165) is 12.1 Å². The zero-order valence-electron chi connectivity index (χ0n) is 12.5. The van der Waals surface area contributed by atoms with E-state index in [1.165, 1.54) is 26.1 Å². The molecule has 0 aliphatic heterocycles. The number of halogens is 2. The molecule has 1 aromatic carbocycles. The van der Waals surface area contributed by atoms with Gasteiger partial charge in [-0.25, -0.2) is 9.37 Å². The Morgan fingerprint density at radius 1 is 1.35 bits per heavy atom. The number of pyridine rings is 1. The molecule has 0 fully saturated rings. The molecule has 2 rings (SSSR count). The van der Waals surface area contributed by atoms with Crippen LogP contribution in [0.3, 0.4) is 0 Å². The molecule has 1 heterocycles. The molecule has 7 heteroatoms. The van der Waals surface area contributed by atoms with E-state index in [4.69, 9.17) is 16.3 Å². The van der Waals surface area contributed by atoms with Crippen molar-refractivity contribution in [1.29, 1.82) is 0 Å². The van der Waals surface area contributed by atoms with Crippen molar-refractivity contribution in [3.8, 4) is 5.75 Å². The second-order valence-corrected chi connectivity index (χ2v) is 5.15. The van der Waals surface area contributed by atoms with Crippen LogP contribution in [-0.2, 0) is 4.79 Å². The maximum atomic E-state index is 13.2.